The predicted octanol–water partition coefficient (Wildman–Crippen LogP) is 2.31. The largest absolute Gasteiger partial charge is 0.491 e. The number of rotatable bonds is 5. The number of imidazole rings is 1. The summed E-state index contributed by atoms with van der Waals surface area (Å²) >= 11 is 0. The van der Waals surface area contributed by atoms with E-state index in [9.17, 15) is 9.18 Å². The predicted molar refractivity (Wildman–Crippen MR) is 87.1 cm³/mol. The molecule has 0 aliphatic carbocycles. The van der Waals surface area contributed by atoms with E-state index in [4.69, 9.17) is 4.74 Å². The molecule has 2 aromatic rings. The molecule has 1 atom stereocenters. The Labute approximate surface area is 140 Å². The molecule has 0 radical (unpaired) electrons. The Kier molecular flexibility index (Phi) is 4.98. The van der Waals surface area contributed by atoms with Crippen molar-refractivity contribution in [2.45, 2.75) is 25.4 Å². The summed E-state index contributed by atoms with van der Waals surface area (Å²) in [7, 11) is 1.89. The molecule has 0 saturated carbocycles. The Morgan fingerprint density at radius 3 is 2.92 bits per heavy atom. The van der Waals surface area contributed by atoms with Gasteiger partial charge in [0, 0.05) is 19.8 Å². The highest BCUT2D eigenvalue weighted by atomic mass is 19.1. The third-order valence-electron chi connectivity index (χ3n) is 4.23. The van der Waals surface area contributed by atoms with Gasteiger partial charge in [0.15, 0.2) is 0 Å². The van der Waals surface area contributed by atoms with Gasteiger partial charge in [-0.25, -0.2) is 14.2 Å². The van der Waals surface area contributed by atoms with Gasteiger partial charge in [0.25, 0.3) is 0 Å². The highest BCUT2D eigenvalue weighted by Gasteiger charge is 2.29. The van der Waals surface area contributed by atoms with Crippen molar-refractivity contribution in [3.63, 3.8) is 0 Å². The molecule has 3 rings (SSSR count). The molecule has 0 unspecified atom stereocenters. The van der Waals surface area contributed by atoms with Gasteiger partial charge in [0.2, 0.25) is 0 Å². The maximum Gasteiger partial charge on any atom is 0.318 e. The van der Waals surface area contributed by atoms with Gasteiger partial charge in [0.05, 0.1) is 24.6 Å². The van der Waals surface area contributed by atoms with E-state index in [1.54, 1.807) is 29.6 Å². The Morgan fingerprint density at radius 2 is 2.21 bits per heavy atom. The molecule has 1 aromatic carbocycles. The lowest BCUT2D eigenvalue weighted by Gasteiger charge is -2.25. The van der Waals surface area contributed by atoms with Crippen LogP contribution in [0.15, 0.2) is 36.8 Å². The second kappa shape index (κ2) is 7.33. The van der Waals surface area contributed by atoms with Gasteiger partial charge in [-0.3, -0.25) is 0 Å². The third-order valence-corrected chi connectivity index (χ3v) is 4.23. The van der Waals surface area contributed by atoms with Crippen molar-refractivity contribution in [1.29, 1.82) is 0 Å². The summed E-state index contributed by atoms with van der Waals surface area (Å²) in [5.74, 6) is 0.318. The number of nitrogens with one attached hydrogen (secondary N) is 1. The van der Waals surface area contributed by atoms with Crippen molar-refractivity contribution in [3.05, 3.63) is 48.3 Å². The lowest BCUT2D eigenvalue weighted by molar-refractivity contribution is 0.165. The smallest absolute Gasteiger partial charge is 0.318 e. The first kappa shape index (κ1) is 16.3. The molecule has 0 bridgehead atoms. The number of hydrogen-bond acceptors (Lipinski definition) is 3. The van der Waals surface area contributed by atoms with Crippen molar-refractivity contribution in [1.82, 2.24) is 19.8 Å². The molecular formula is C17H21FN4O2. The molecule has 128 valence electrons. The number of aryl methyl sites for hydroxylation is 1. The summed E-state index contributed by atoms with van der Waals surface area (Å²) in [5.41, 5.74) is 0.946. The van der Waals surface area contributed by atoms with E-state index in [1.165, 1.54) is 12.1 Å². The molecule has 1 N–H and O–H groups in total. The van der Waals surface area contributed by atoms with Crippen molar-refractivity contribution in [2.75, 3.05) is 13.2 Å². The number of likely N-dealkylation sites (tertiary alicyclic amines) is 1. The van der Waals surface area contributed by atoms with Crippen LogP contribution in [0.2, 0.25) is 0 Å². The Hall–Kier alpha value is -2.57. The minimum absolute atomic E-state index is 0.0293. The normalized spacial score (nSPS) is 17.1. The van der Waals surface area contributed by atoms with Crippen LogP contribution < -0.4 is 10.1 Å². The van der Waals surface area contributed by atoms with Gasteiger partial charge in [-0.1, -0.05) is 0 Å². The van der Waals surface area contributed by atoms with Crippen LogP contribution in [0, 0.1) is 5.82 Å². The fraction of sp³-hybridized carbons (Fsp3) is 0.412. The monoisotopic (exact) mass is 332 g/mol. The zero-order valence-electron chi connectivity index (χ0n) is 13.6. The van der Waals surface area contributed by atoms with Crippen molar-refractivity contribution < 1.29 is 13.9 Å². The molecule has 24 heavy (non-hydrogen) atoms. The molecular weight excluding hydrogens is 311 g/mol. The molecule has 1 aliphatic rings. The van der Waals surface area contributed by atoms with E-state index < -0.39 is 0 Å². The Bertz CT molecular complexity index is 686. The van der Waals surface area contributed by atoms with Crippen LogP contribution in [-0.2, 0) is 13.6 Å². The summed E-state index contributed by atoms with van der Waals surface area (Å²) in [6, 6.07) is 5.85. The molecule has 6 nitrogen and oxygen atoms in total. The fourth-order valence-electron chi connectivity index (χ4n) is 2.82. The van der Waals surface area contributed by atoms with Gasteiger partial charge >= 0.3 is 6.03 Å². The number of benzene rings is 1. The molecule has 1 aromatic heterocycles. The van der Waals surface area contributed by atoms with Gasteiger partial charge in [-0.2, -0.15) is 0 Å². The molecule has 7 heteroatoms. The fourth-order valence-corrected chi connectivity index (χ4v) is 2.82. The minimum Gasteiger partial charge on any atom is -0.491 e. The highest BCUT2D eigenvalue weighted by Crippen LogP contribution is 2.19. The van der Waals surface area contributed by atoms with Gasteiger partial charge in [0.1, 0.15) is 18.2 Å². The van der Waals surface area contributed by atoms with Crippen LogP contribution in [-0.4, -0.2) is 39.7 Å². The Morgan fingerprint density at radius 1 is 1.42 bits per heavy atom. The second-order valence-corrected chi connectivity index (χ2v) is 5.91. The Balaban J connectivity index is 1.51. The summed E-state index contributed by atoms with van der Waals surface area (Å²) in [5, 5.41) is 2.92. The number of halogens is 1. The number of ether oxygens (including phenoxy) is 1. The number of nitrogens with zero attached hydrogens (tertiary/aromatic N) is 3. The first-order valence-corrected chi connectivity index (χ1v) is 8.01. The molecule has 1 aliphatic heterocycles. The topological polar surface area (TPSA) is 59.4 Å². The van der Waals surface area contributed by atoms with Crippen molar-refractivity contribution >= 4 is 6.03 Å². The molecule has 2 heterocycles. The number of hydrogen-bond donors (Lipinski definition) is 1. The quantitative estimate of drug-likeness (QED) is 0.914. The first-order valence-electron chi connectivity index (χ1n) is 8.01. The van der Waals surface area contributed by atoms with Crippen LogP contribution in [0.5, 0.6) is 5.75 Å². The minimum atomic E-state index is -0.292. The SMILES string of the molecule is Cn1cncc1CNC(=O)N1CCC[C@H]1COc1ccc(F)cc1. The van der Waals surface area contributed by atoms with Crippen molar-refractivity contribution in [2.24, 2.45) is 7.05 Å². The van der Waals surface area contributed by atoms with E-state index in [1.807, 2.05) is 11.6 Å². The third kappa shape index (κ3) is 3.84. The van der Waals surface area contributed by atoms with Gasteiger partial charge < -0.3 is 19.5 Å². The van der Waals surface area contributed by atoms with Crippen LogP contribution in [0.4, 0.5) is 9.18 Å². The summed E-state index contributed by atoms with van der Waals surface area (Å²) in [4.78, 5) is 18.2. The number of aromatic nitrogens is 2. The average molecular weight is 332 g/mol. The van der Waals surface area contributed by atoms with E-state index in [0.29, 0.717) is 25.4 Å². The van der Waals surface area contributed by atoms with E-state index in [0.717, 1.165) is 18.5 Å². The molecule has 0 spiro atoms. The molecule has 1 fully saturated rings. The van der Waals surface area contributed by atoms with E-state index >= 15 is 0 Å². The number of urea groups is 1. The number of carbonyl (C=O) groups excluding carboxylic acids is 1. The van der Waals surface area contributed by atoms with Crippen LogP contribution in [0.3, 0.4) is 0 Å². The lowest BCUT2D eigenvalue weighted by Crippen LogP contribution is -2.44. The zero-order valence-corrected chi connectivity index (χ0v) is 13.6. The second-order valence-electron chi connectivity index (χ2n) is 5.91. The van der Waals surface area contributed by atoms with Crippen LogP contribution in [0.1, 0.15) is 18.5 Å². The summed E-state index contributed by atoms with van der Waals surface area (Å²) in [6.45, 7) is 1.57. The van der Waals surface area contributed by atoms with Crippen LogP contribution >= 0.6 is 0 Å². The number of amides is 2. The van der Waals surface area contributed by atoms with Gasteiger partial charge in [-0.15, -0.1) is 0 Å². The summed E-state index contributed by atoms with van der Waals surface area (Å²) < 4.78 is 20.5. The summed E-state index contributed by atoms with van der Waals surface area (Å²) in [6.07, 6.45) is 5.30. The average Bonchev–Trinajstić information content (AvgIpc) is 3.21. The lowest BCUT2D eigenvalue weighted by atomic mass is 10.2. The maximum absolute atomic E-state index is 12.9. The van der Waals surface area contributed by atoms with E-state index in [-0.39, 0.29) is 17.9 Å². The molecule has 1 saturated heterocycles. The first-order chi connectivity index (χ1) is 11.6. The van der Waals surface area contributed by atoms with Crippen LogP contribution in [0.25, 0.3) is 0 Å². The number of carbonyl (C=O) groups is 1. The van der Waals surface area contributed by atoms with E-state index in [2.05, 4.69) is 10.3 Å². The standard InChI is InChI=1S/C17H21FN4O2/c1-21-12-19-9-15(21)10-20-17(23)22-8-2-3-14(22)11-24-16-6-4-13(18)5-7-16/h4-7,9,12,14H,2-3,8,10-11H2,1H3,(H,20,23)/t14-/m0/s1. The van der Waals surface area contributed by atoms with Crippen molar-refractivity contribution in [3.8, 4) is 5.75 Å². The molecule has 2 amide bonds. The maximum atomic E-state index is 12.9. The van der Waals surface area contributed by atoms with Gasteiger partial charge in [-0.05, 0) is 37.1 Å². The zero-order chi connectivity index (χ0) is 16.9. The highest BCUT2D eigenvalue weighted by molar-refractivity contribution is 5.74.